The molecule has 0 bridgehead atoms. The maximum Gasteiger partial charge on any atom is 0.169 e. The predicted octanol–water partition coefficient (Wildman–Crippen LogP) is 3.58. The molecule has 0 heterocycles. The summed E-state index contributed by atoms with van der Waals surface area (Å²) in [4.78, 5) is 0. The second kappa shape index (κ2) is 5.95. The fraction of sp³-hybridized carbons (Fsp3) is 0.200. The van der Waals surface area contributed by atoms with Gasteiger partial charge in [-0.15, -0.1) is 0 Å². The van der Waals surface area contributed by atoms with Gasteiger partial charge in [-0.2, -0.15) is 0 Å². The molecule has 2 N–H and O–H groups in total. The molecular weight excluding hydrogens is 283 g/mol. The van der Waals surface area contributed by atoms with Crippen molar-refractivity contribution in [2.45, 2.75) is 13.5 Å². The van der Waals surface area contributed by atoms with Crippen LogP contribution in [0.1, 0.15) is 11.1 Å². The van der Waals surface area contributed by atoms with Gasteiger partial charge in [-0.05, 0) is 30.7 Å². The van der Waals surface area contributed by atoms with Gasteiger partial charge in [0.25, 0.3) is 0 Å². The van der Waals surface area contributed by atoms with E-state index in [1.54, 1.807) is 6.92 Å². The van der Waals surface area contributed by atoms with Crippen molar-refractivity contribution in [1.29, 1.82) is 0 Å². The van der Waals surface area contributed by atoms with Gasteiger partial charge in [0, 0.05) is 6.07 Å². The molecule has 2 rings (SSSR count). The molecule has 2 aromatic rings. The highest BCUT2D eigenvalue weighted by atomic mass is 19.2. The van der Waals surface area contributed by atoms with Gasteiger partial charge in [-0.25, -0.2) is 13.2 Å². The largest absolute Gasteiger partial charge is 0.496 e. The van der Waals surface area contributed by atoms with Gasteiger partial charge in [0.05, 0.1) is 18.4 Å². The predicted molar refractivity (Wildman–Crippen MR) is 72.8 cm³/mol. The summed E-state index contributed by atoms with van der Waals surface area (Å²) in [6, 6.07) is 4.79. The molecule has 3 nitrogen and oxygen atoms in total. The van der Waals surface area contributed by atoms with Crippen molar-refractivity contribution in [3.8, 4) is 11.5 Å². The number of anilines is 1. The number of hydrogen-bond acceptors (Lipinski definition) is 3. The summed E-state index contributed by atoms with van der Waals surface area (Å²) in [5.41, 5.74) is 5.82. The monoisotopic (exact) mass is 297 g/mol. The van der Waals surface area contributed by atoms with Gasteiger partial charge in [-0.1, -0.05) is 0 Å². The van der Waals surface area contributed by atoms with Crippen LogP contribution in [0, 0.1) is 24.4 Å². The van der Waals surface area contributed by atoms with E-state index in [1.807, 2.05) is 0 Å². The number of nitrogen functional groups attached to an aromatic ring is 1. The van der Waals surface area contributed by atoms with Crippen molar-refractivity contribution in [3.05, 3.63) is 52.8 Å². The van der Waals surface area contributed by atoms with Crippen LogP contribution in [0.5, 0.6) is 11.5 Å². The fourth-order valence-electron chi connectivity index (χ4n) is 1.87. The minimum atomic E-state index is -1.04. The number of ether oxygens (including phenoxy) is 2. The Kier molecular flexibility index (Phi) is 4.26. The number of nitrogens with two attached hydrogens (primary N) is 1. The molecule has 112 valence electrons. The Morgan fingerprint density at radius 2 is 1.76 bits per heavy atom. The van der Waals surface area contributed by atoms with E-state index in [9.17, 15) is 13.2 Å². The lowest BCUT2D eigenvalue weighted by Crippen LogP contribution is -2.05. The first-order valence-electron chi connectivity index (χ1n) is 6.13. The highest BCUT2D eigenvalue weighted by Gasteiger charge is 2.16. The van der Waals surface area contributed by atoms with Crippen molar-refractivity contribution in [2.24, 2.45) is 0 Å². The molecule has 0 atom stereocenters. The summed E-state index contributed by atoms with van der Waals surface area (Å²) in [5, 5.41) is 0. The smallest absolute Gasteiger partial charge is 0.169 e. The molecule has 0 saturated heterocycles. The Morgan fingerprint density at radius 3 is 2.43 bits per heavy atom. The number of halogens is 3. The van der Waals surface area contributed by atoms with E-state index < -0.39 is 17.5 Å². The van der Waals surface area contributed by atoms with Gasteiger partial charge in [0.2, 0.25) is 0 Å². The first-order chi connectivity index (χ1) is 9.93. The lowest BCUT2D eigenvalue weighted by molar-refractivity contribution is 0.284. The molecular formula is C15H14F3NO2. The van der Waals surface area contributed by atoms with Crippen molar-refractivity contribution < 1.29 is 22.6 Å². The summed E-state index contributed by atoms with van der Waals surface area (Å²) < 4.78 is 50.7. The van der Waals surface area contributed by atoms with Crippen LogP contribution >= 0.6 is 0 Å². The topological polar surface area (TPSA) is 44.5 Å². The van der Waals surface area contributed by atoms with Crippen LogP contribution < -0.4 is 15.2 Å². The molecule has 21 heavy (non-hydrogen) atoms. The lowest BCUT2D eigenvalue weighted by atomic mass is 10.1. The van der Waals surface area contributed by atoms with Crippen LogP contribution in [0.4, 0.5) is 18.9 Å². The lowest BCUT2D eigenvalue weighted by Gasteiger charge is -2.13. The SMILES string of the molecule is COc1ccc(F)c(F)c1COc1cc(N)c(F)cc1C. The standard InChI is InChI=1S/C15H14F3NO2/c1-8-5-11(17)12(19)6-14(8)21-7-9-13(20-2)4-3-10(16)15(9)18/h3-6H,7,19H2,1-2H3. The van der Waals surface area contributed by atoms with E-state index in [-0.39, 0.29) is 23.6 Å². The molecule has 2 aromatic carbocycles. The van der Waals surface area contributed by atoms with Gasteiger partial charge in [0.15, 0.2) is 11.6 Å². The van der Waals surface area contributed by atoms with Crippen LogP contribution in [0.15, 0.2) is 24.3 Å². The van der Waals surface area contributed by atoms with E-state index >= 15 is 0 Å². The zero-order valence-electron chi connectivity index (χ0n) is 11.5. The molecule has 6 heteroatoms. The highest BCUT2D eigenvalue weighted by Crippen LogP contribution is 2.28. The van der Waals surface area contributed by atoms with Crippen LogP contribution in [-0.4, -0.2) is 7.11 Å². The number of benzene rings is 2. The van der Waals surface area contributed by atoms with Gasteiger partial charge >= 0.3 is 0 Å². The molecule has 0 spiro atoms. The van der Waals surface area contributed by atoms with Crippen molar-refractivity contribution >= 4 is 5.69 Å². The average molecular weight is 297 g/mol. The van der Waals surface area contributed by atoms with E-state index in [0.29, 0.717) is 11.3 Å². The van der Waals surface area contributed by atoms with E-state index in [4.69, 9.17) is 15.2 Å². The third-order valence-electron chi connectivity index (χ3n) is 3.04. The Hall–Kier alpha value is -2.37. The first kappa shape index (κ1) is 15.0. The van der Waals surface area contributed by atoms with Crippen LogP contribution in [0.25, 0.3) is 0 Å². The van der Waals surface area contributed by atoms with Crippen molar-refractivity contribution in [1.82, 2.24) is 0 Å². The van der Waals surface area contributed by atoms with Crippen molar-refractivity contribution in [2.75, 3.05) is 12.8 Å². The first-order valence-corrected chi connectivity index (χ1v) is 6.13. The van der Waals surface area contributed by atoms with Crippen molar-refractivity contribution in [3.63, 3.8) is 0 Å². The van der Waals surface area contributed by atoms with Crippen LogP contribution in [-0.2, 0) is 6.61 Å². The second-order valence-electron chi connectivity index (χ2n) is 4.47. The Morgan fingerprint density at radius 1 is 1.05 bits per heavy atom. The summed E-state index contributed by atoms with van der Waals surface area (Å²) in [5.74, 6) is -2.14. The maximum absolute atomic E-state index is 13.8. The minimum Gasteiger partial charge on any atom is -0.496 e. The highest BCUT2D eigenvalue weighted by molar-refractivity contribution is 5.49. The van der Waals surface area contributed by atoms with E-state index in [2.05, 4.69) is 0 Å². The Labute approximate surface area is 120 Å². The second-order valence-corrected chi connectivity index (χ2v) is 4.47. The number of methoxy groups -OCH3 is 1. The van der Waals surface area contributed by atoms with Gasteiger partial charge < -0.3 is 15.2 Å². The Balaban J connectivity index is 2.28. The zero-order valence-corrected chi connectivity index (χ0v) is 11.5. The Bertz CT molecular complexity index is 674. The summed E-state index contributed by atoms with van der Waals surface area (Å²) >= 11 is 0. The molecule has 0 aliphatic rings. The van der Waals surface area contributed by atoms with Gasteiger partial charge in [0.1, 0.15) is 23.9 Å². The van der Waals surface area contributed by atoms with Crippen LogP contribution in [0.2, 0.25) is 0 Å². The third-order valence-corrected chi connectivity index (χ3v) is 3.04. The summed E-state index contributed by atoms with van der Waals surface area (Å²) in [7, 11) is 1.34. The molecule has 0 fully saturated rings. The van der Waals surface area contributed by atoms with Crippen LogP contribution in [0.3, 0.4) is 0 Å². The molecule has 0 saturated carbocycles. The number of aryl methyl sites for hydroxylation is 1. The molecule has 0 aliphatic carbocycles. The molecule has 0 aliphatic heterocycles. The normalized spacial score (nSPS) is 10.5. The average Bonchev–Trinajstić information content (AvgIpc) is 2.45. The number of hydrogen-bond donors (Lipinski definition) is 1. The molecule has 0 unspecified atom stereocenters. The fourth-order valence-corrected chi connectivity index (χ4v) is 1.87. The molecule has 0 amide bonds. The summed E-state index contributed by atoms with van der Waals surface area (Å²) in [6.07, 6.45) is 0. The maximum atomic E-state index is 13.8. The quantitative estimate of drug-likeness (QED) is 0.877. The minimum absolute atomic E-state index is 0.0557. The molecule has 0 aromatic heterocycles. The van der Waals surface area contributed by atoms with Gasteiger partial charge in [-0.3, -0.25) is 0 Å². The third kappa shape index (κ3) is 3.04. The molecule has 0 radical (unpaired) electrons. The van der Waals surface area contributed by atoms with E-state index in [1.165, 1.54) is 25.3 Å². The number of rotatable bonds is 4. The van der Waals surface area contributed by atoms with E-state index in [0.717, 1.165) is 6.07 Å². The summed E-state index contributed by atoms with van der Waals surface area (Å²) in [6.45, 7) is 1.36. The zero-order chi connectivity index (χ0) is 15.6.